The van der Waals surface area contributed by atoms with E-state index >= 15 is 0 Å². The Kier molecular flexibility index (Phi) is 7.09. The van der Waals surface area contributed by atoms with E-state index in [1.165, 1.54) is 12.1 Å². The lowest BCUT2D eigenvalue weighted by Crippen LogP contribution is -2.41. The first kappa shape index (κ1) is 22.5. The van der Waals surface area contributed by atoms with E-state index in [0.717, 1.165) is 17.4 Å². The van der Waals surface area contributed by atoms with Crippen LogP contribution >= 0.6 is 0 Å². The number of nitrogens with two attached hydrogens (primary N) is 1. The summed E-state index contributed by atoms with van der Waals surface area (Å²) in [6.07, 6.45) is 1.34. The highest BCUT2D eigenvalue weighted by Gasteiger charge is 2.32. The van der Waals surface area contributed by atoms with E-state index in [1.54, 1.807) is 12.1 Å². The third kappa shape index (κ3) is 6.94. The van der Waals surface area contributed by atoms with Crippen LogP contribution in [-0.2, 0) is 38.2 Å². The summed E-state index contributed by atoms with van der Waals surface area (Å²) in [7, 11) is -3.63. The van der Waals surface area contributed by atoms with Crippen LogP contribution in [0.3, 0.4) is 0 Å². The number of rotatable bonds is 9. The Balaban J connectivity index is 1.80. The first-order valence-corrected chi connectivity index (χ1v) is 11.6. The normalized spacial score (nSPS) is 13.2. The molecular formula is C24H25NO5S. The topological polar surface area (TPSA) is 95.7 Å². The number of carbonyl (C=O) groups excluding carboxylic acids is 1. The molecule has 0 aliphatic heterocycles. The maximum absolute atomic E-state index is 12.6. The zero-order chi connectivity index (χ0) is 22.3. The lowest BCUT2D eigenvalue weighted by molar-refractivity contribution is -0.146. The number of esters is 1. The molecule has 0 bridgehead atoms. The zero-order valence-corrected chi connectivity index (χ0v) is 18.0. The lowest BCUT2D eigenvalue weighted by atomic mass is 9.82. The van der Waals surface area contributed by atoms with Crippen LogP contribution in [0.2, 0.25) is 0 Å². The number of hydrogen-bond donors (Lipinski definition) is 1. The lowest BCUT2D eigenvalue weighted by Gasteiger charge is -2.29. The van der Waals surface area contributed by atoms with E-state index < -0.39 is 21.6 Å². The Bertz CT molecular complexity index is 1100. The molecule has 3 aromatic rings. The monoisotopic (exact) mass is 439 g/mol. The van der Waals surface area contributed by atoms with Gasteiger partial charge in [0, 0.05) is 0 Å². The molecule has 0 amide bonds. The molecule has 162 valence electrons. The highest BCUT2D eigenvalue weighted by Crippen LogP contribution is 2.29. The Morgan fingerprint density at radius 1 is 0.871 bits per heavy atom. The summed E-state index contributed by atoms with van der Waals surface area (Å²) in [4.78, 5) is 12.6. The molecule has 0 aliphatic rings. The van der Waals surface area contributed by atoms with Crippen LogP contribution < -0.4 is 9.92 Å². The molecule has 1 atom stereocenters. The summed E-state index contributed by atoms with van der Waals surface area (Å²) in [5.41, 5.74) is 8.23. The van der Waals surface area contributed by atoms with Crippen molar-refractivity contribution in [2.75, 3.05) is 6.26 Å². The van der Waals surface area contributed by atoms with E-state index in [0.29, 0.717) is 12.0 Å². The molecule has 3 aromatic carbocycles. The van der Waals surface area contributed by atoms with Crippen LogP contribution in [0, 0.1) is 0 Å². The molecule has 0 aromatic heterocycles. The second kappa shape index (κ2) is 9.76. The third-order valence-electron chi connectivity index (χ3n) is 4.74. The van der Waals surface area contributed by atoms with Crippen LogP contribution in [0.25, 0.3) is 0 Å². The number of ether oxygens (including phenoxy) is 1. The quantitative estimate of drug-likeness (QED) is 0.405. The number of carbonyl (C=O) groups is 1. The van der Waals surface area contributed by atoms with E-state index in [-0.39, 0.29) is 18.8 Å². The van der Waals surface area contributed by atoms with E-state index in [2.05, 4.69) is 0 Å². The molecule has 7 heteroatoms. The van der Waals surface area contributed by atoms with Gasteiger partial charge in [-0.05, 0) is 35.2 Å². The molecule has 0 aliphatic carbocycles. The Morgan fingerprint density at radius 3 is 1.97 bits per heavy atom. The smallest absolute Gasteiger partial charge is 0.308 e. The minimum Gasteiger partial charge on any atom is -0.461 e. The summed E-state index contributed by atoms with van der Waals surface area (Å²) >= 11 is 0. The van der Waals surface area contributed by atoms with Crippen LogP contribution in [0.15, 0.2) is 84.9 Å². The van der Waals surface area contributed by atoms with E-state index in [9.17, 15) is 13.2 Å². The van der Waals surface area contributed by atoms with Crippen molar-refractivity contribution in [3.63, 3.8) is 0 Å². The molecular weight excluding hydrogens is 414 g/mol. The van der Waals surface area contributed by atoms with Gasteiger partial charge in [-0.25, -0.2) is 0 Å². The molecule has 0 heterocycles. The van der Waals surface area contributed by atoms with Gasteiger partial charge in [-0.1, -0.05) is 72.8 Å². The predicted octanol–water partition coefficient (Wildman–Crippen LogP) is 3.56. The summed E-state index contributed by atoms with van der Waals surface area (Å²) in [5, 5.41) is 0. The SMILES string of the molecule is CS(=O)(=O)Oc1ccc(C(N)(CC(=O)OCc2ccccc2)Cc2ccccc2)cc1. The van der Waals surface area contributed by atoms with Crippen molar-refractivity contribution >= 4 is 16.1 Å². The summed E-state index contributed by atoms with van der Waals surface area (Å²) in [5.74, 6) is -0.237. The van der Waals surface area contributed by atoms with Crippen molar-refractivity contribution in [2.45, 2.75) is 25.0 Å². The van der Waals surface area contributed by atoms with Crippen LogP contribution in [0.4, 0.5) is 0 Å². The largest absolute Gasteiger partial charge is 0.461 e. The molecule has 6 nitrogen and oxygen atoms in total. The molecule has 0 spiro atoms. The van der Waals surface area contributed by atoms with Gasteiger partial charge in [-0.2, -0.15) is 8.42 Å². The fourth-order valence-electron chi connectivity index (χ4n) is 3.29. The highest BCUT2D eigenvalue weighted by atomic mass is 32.2. The van der Waals surface area contributed by atoms with Crippen molar-refractivity contribution in [1.29, 1.82) is 0 Å². The van der Waals surface area contributed by atoms with Crippen molar-refractivity contribution in [3.05, 3.63) is 102 Å². The molecule has 0 fully saturated rings. The number of benzene rings is 3. The van der Waals surface area contributed by atoms with Gasteiger partial charge in [0.2, 0.25) is 0 Å². The maximum atomic E-state index is 12.6. The average Bonchev–Trinajstić information content (AvgIpc) is 2.73. The fourth-order valence-corrected chi connectivity index (χ4v) is 3.75. The zero-order valence-electron chi connectivity index (χ0n) is 17.2. The summed E-state index contributed by atoms with van der Waals surface area (Å²) in [6.45, 7) is 0.169. The van der Waals surface area contributed by atoms with Crippen molar-refractivity contribution in [2.24, 2.45) is 5.73 Å². The summed E-state index contributed by atoms with van der Waals surface area (Å²) in [6, 6.07) is 25.4. The second-order valence-electron chi connectivity index (χ2n) is 7.45. The van der Waals surface area contributed by atoms with Gasteiger partial charge in [-0.3, -0.25) is 4.79 Å². The van der Waals surface area contributed by atoms with Crippen molar-refractivity contribution < 1.29 is 22.1 Å². The Labute approximate surface area is 182 Å². The first-order valence-electron chi connectivity index (χ1n) is 9.76. The standard InChI is InChI=1S/C24H25NO5S/c1-31(27,28)30-22-14-12-21(13-15-22)24(25,16-19-8-4-2-5-9-19)17-23(26)29-18-20-10-6-3-7-11-20/h2-15H,16-18,25H2,1H3. The van der Waals surface area contributed by atoms with E-state index in [4.69, 9.17) is 14.7 Å². The van der Waals surface area contributed by atoms with Crippen LogP contribution in [0.5, 0.6) is 5.75 Å². The average molecular weight is 440 g/mol. The minimum atomic E-state index is -3.63. The highest BCUT2D eigenvalue weighted by molar-refractivity contribution is 7.86. The molecule has 0 saturated heterocycles. The molecule has 2 N–H and O–H groups in total. The fraction of sp³-hybridized carbons (Fsp3) is 0.208. The predicted molar refractivity (Wildman–Crippen MR) is 119 cm³/mol. The van der Waals surface area contributed by atoms with Gasteiger partial charge in [0.15, 0.2) is 0 Å². The maximum Gasteiger partial charge on any atom is 0.308 e. The number of hydrogen-bond acceptors (Lipinski definition) is 6. The van der Waals surface area contributed by atoms with Gasteiger partial charge in [0.05, 0.1) is 18.2 Å². The second-order valence-corrected chi connectivity index (χ2v) is 9.03. The summed E-state index contributed by atoms with van der Waals surface area (Å²) < 4.78 is 33.0. The van der Waals surface area contributed by atoms with Crippen molar-refractivity contribution in [1.82, 2.24) is 0 Å². The first-order chi connectivity index (χ1) is 14.7. The van der Waals surface area contributed by atoms with Gasteiger partial charge in [0.25, 0.3) is 0 Å². The molecule has 31 heavy (non-hydrogen) atoms. The minimum absolute atomic E-state index is 0.0407. The van der Waals surface area contributed by atoms with Gasteiger partial charge < -0.3 is 14.7 Å². The van der Waals surface area contributed by atoms with Gasteiger partial charge in [0.1, 0.15) is 12.4 Å². The third-order valence-corrected chi connectivity index (χ3v) is 5.24. The van der Waals surface area contributed by atoms with Crippen LogP contribution in [-0.4, -0.2) is 20.6 Å². The van der Waals surface area contributed by atoms with E-state index in [1.807, 2.05) is 60.7 Å². The molecule has 0 saturated carbocycles. The van der Waals surface area contributed by atoms with Gasteiger partial charge in [-0.15, -0.1) is 0 Å². The molecule has 3 rings (SSSR count). The molecule has 0 radical (unpaired) electrons. The Morgan fingerprint density at radius 2 is 1.42 bits per heavy atom. The van der Waals surface area contributed by atoms with Crippen LogP contribution in [0.1, 0.15) is 23.1 Å². The molecule has 1 unspecified atom stereocenters. The van der Waals surface area contributed by atoms with Gasteiger partial charge >= 0.3 is 16.1 Å². The Hall–Kier alpha value is -3.16. The van der Waals surface area contributed by atoms with Crippen molar-refractivity contribution in [3.8, 4) is 5.75 Å².